The number of likely N-dealkylation sites (N-methyl/N-ethyl adjacent to an activating group) is 1. The molecule has 20 heavy (non-hydrogen) atoms. The summed E-state index contributed by atoms with van der Waals surface area (Å²) in [6.07, 6.45) is -0.116. The predicted octanol–water partition coefficient (Wildman–Crippen LogP) is 1.73. The Labute approximate surface area is 116 Å². The van der Waals surface area contributed by atoms with Gasteiger partial charge in [-0.05, 0) is 24.7 Å². The van der Waals surface area contributed by atoms with E-state index in [9.17, 15) is 13.6 Å². The molecule has 0 aromatic heterocycles. The van der Waals surface area contributed by atoms with Crippen molar-refractivity contribution in [3.05, 3.63) is 35.4 Å². The molecule has 0 radical (unpaired) electrons. The van der Waals surface area contributed by atoms with Gasteiger partial charge >= 0.3 is 5.97 Å². The Morgan fingerprint density at radius 3 is 2.45 bits per heavy atom. The van der Waals surface area contributed by atoms with Crippen molar-refractivity contribution in [2.45, 2.75) is 12.5 Å². The molecule has 1 atom stereocenters. The first-order chi connectivity index (χ1) is 9.47. The van der Waals surface area contributed by atoms with Crippen LogP contribution in [0.4, 0.5) is 8.78 Å². The third kappa shape index (κ3) is 3.52. The third-order valence-corrected chi connectivity index (χ3v) is 3.68. The van der Waals surface area contributed by atoms with Crippen LogP contribution in [0.15, 0.2) is 18.2 Å². The van der Waals surface area contributed by atoms with Crippen molar-refractivity contribution in [2.24, 2.45) is 0 Å². The highest BCUT2D eigenvalue weighted by Crippen LogP contribution is 2.26. The number of halogens is 2. The minimum Gasteiger partial charge on any atom is -0.481 e. The van der Waals surface area contributed by atoms with E-state index in [1.165, 1.54) is 6.07 Å². The number of carbonyl (C=O) groups is 1. The summed E-state index contributed by atoms with van der Waals surface area (Å²) in [7, 11) is 2.00. The Morgan fingerprint density at radius 2 is 1.90 bits per heavy atom. The van der Waals surface area contributed by atoms with E-state index >= 15 is 0 Å². The fourth-order valence-electron chi connectivity index (χ4n) is 2.48. The fraction of sp³-hybridized carbons (Fsp3) is 0.500. The Morgan fingerprint density at radius 1 is 1.25 bits per heavy atom. The first kappa shape index (κ1) is 14.9. The van der Waals surface area contributed by atoms with E-state index in [0.29, 0.717) is 18.7 Å². The molecule has 0 amide bonds. The molecule has 2 rings (SSSR count). The molecule has 110 valence electrons. The number of rotatable bonds is 4. The van der Waals surface area contributed by atoms with E-state index in [-0.39, 0.29) is 6.42 Å². The molecule has 1 aliphatic rings. The van der Waals surface area contributed by atoms with Gasteiger partial charge in [-0.15, -0.1) is 0 Å². The first-order valence-corrected chi connectivity index (χ1v) is 6.56. The lowest BCUT2D eigenvalue weighted by molar-refractivity contribution is -0.138. The average molecular weight is 284 g/mol. The molecule has 0 spiro atoms. The maximum absolute atomic E-state index is 13.4. The summed E-state index contributed by atoms with van der Waals surface area (Å²) in [6, 6.07) is 3.19. The van der Waals surface area contributed by atoms with Crippen molar-refractivity contribution in [3.8, 4) is 0 Å². The lowest BCUT2D eigenvalue weighted by Crippen LogP contribution is -2.46. The molecule has 6 heteroatoms. The summed E-state index contributed by atoms with van der Waals surface area (Å²) in [5, 5.41) is 9.05. The zero-order valence-electron chi connectivity index (χ0n) is 11.4. The van der Waals surface area contributed by atoms with Crippen molar-refractivity contribution in [2.75, 3.05) is 33.2 Å². The van der Waals surface area contributed by atoms with Crippen LogP contribution in [-0.2, 0) is 4.79 Å². The largest absolute Gasteiger partial charge is 0.481 e. The fourth-order valence-corrected chi connectivity index (χ4v) is 2.48. The molecule has 0 aliphatic carbocycles. The van der Waals surface area contributed by atoms with E-state index in [0.717, 1.165) is 25.2 Å². The standard InChI is InChI=1S/C14H18F2N2O2/c1-17-4-6-18(7-5-17)13(9-14(19)20)10-2-3-11(15)12(16)8-10/h2-3,8,13H,4-7,9H2,1H3,(H,19,20). The SMILES string of the molecule is CN1CCN(C(CC(=O)O)c2ccc(F)c(F)c2)CC1. The zero-order chi connectivity index (χ0) is 14.7. The highest BCUT2D eigenvalue weighted by molar-refractivity contribution is 5.68. The van der Waals surface area contributed by atoms with Gasteiger partial charge in [0.1, 0.15) is 0 Å². The van der Waals surface area contributed by atoms with Crippen molar-refractivity contribution in [3.63, 3.8) is 0 Å². The molecule has 1 aliphatic heterocycles. The quantitative estimate of drug-likeness (QED) is 0.914. The van der Waals surface area contributed by atoms with Gasteiger partial charge in [0.05, 0.1) is 6.42 Å². The summed E-state index contributed by atoms with van der Waals surface area (Å²) < 4.78 is 26.4. The third-order valence-electron chi connectivity index (χ3n) is 3.68. The highest BCUT2D eigenvalue weighted by atomic mass is 19.2. The van der Waals surface area contributed by atoms with Gasteiger partial charge in [0, 0.05) is 32.2 Å². The summed E-state index contributed by atoms with van der Waals surface area (Å²) in [6.45, 7) is 3.10. The number of aliphatic carboxylic acids is 1. The van der Waals surface area contributed by atoms with Crippen molar-refractivity contribution in [1.29, 1.82) is 0 Å². The van der Waals surface area contributed by atoms with Crippen molar-refractivity contribution >= 4 is 5.97 Å². The Hall–Kier alpha value is -1.53. The second-order valence-corrected chi connectivity index (χ2v) is 5.13. The van der Waals surface area contributed by atoms with Crippen LogP contribution in [0.1, 0.15) is 18.0 Å². The van der Waals surface area contributed by atoms with Gasteiger partial charge in [0.2, 0.25) is 0 Å². The van der Waals surface area contributed by atoms with Crippen LogP contribution >= 0.6 is 0 Å². The monoisotopic (exact) mass is 284 g/mol. The van der Waals surface area contributed by atoms with Crippen LogP contribution in [0.25, 0.3) is 0 Å². The lowest BCUT2D eigenvalue weighted by Gasteiger charge is -2.37. The number of benzene rings is 1. The molecule has 1 saturated heterocycles. The number of hydrogen-bond donors (Lipinski definition) is 1. The van der Waals surface area contributed by atoms with Crippen LogP contribution in [0.5, 0.6) is 0 Å². The minimum atomic E-state index is -0.946. The second kappa shape index (κ2) is 6.28. The van der Waals surface area contributed by atoms with Gasteiger partial charge in [0.15, 0.2) is 11.6 Å². The van der Waals surface area contributed by atoms with Gasteiger partial charge in [-0.1, -0.05) is 6.07 Å². The van der Waals surface area contributed by atoms with Crippen LogP contribution in [0, 0.1) is 11.6 Å². The second-order valence-electron chi connectivity index (χ2n) is 5.13. The Kier molecular flexibility index (Phi) is 4.67. The Bertz CT molecular complexity index is 488. The predicted molar refractivity (Wildman–Crippen MR) is 70.4 cm³/mol. The van der Waals surface area contributed by atoms with Gasteiger partial charge < -0.3 is 10.0 Å². The number of hydrogen-bond acceptors (Lipinski definition) is 3. The Balaban J connectivity index is 2.22. The van der Waals surface area contributed by atoms with Crippen LogP contribution in [-0.4, -0.2) is 54.1 Å². The molecular weight excluding hydrogens is 266 g/mol. The topological polar surface area (TPSA) is 43.8 Å². The molecule has 1 aromatic carbocycles. The van der Waals surface area contributed by atoms with Gasteiger partial charge in [-0.25, -0.2) is 8.78 Å². The highest BCUT2D eigenvalue weighted by Gasteiger charge is 2.26. The maximum atomic E-state index is 13.4. The van der Waals surface area contributed by atoms with E-state index in [2.05, 4.69) is 4.90 Å². The molecule has 1 heterocycles. The molecule has 1 aromatic rings. The van der Waals surface area contributed by atoms with E-state index < -0.39 is 23.6 Å². The van der Waals surface area contributed by atoms with E-state index in [1.54, 1.807) is 0 Å². The van der Waals surface area contributed by atoms with Crippen LogP contribution < -0.4 is 0 Å². The number of piperazine rings is 1. The summed E-state index contributed by atoms with van der Waals surface area (Å²) in [5.41, 5.74) is 0.510. The average Bonchev–Trinajstić information content (AvgIpc) is 2.40. The van der Waals surface area contributed by atoms with Gasteiger partial charge in [0.25, 0.3) is 0 Å². The number of carboxylic acids is 1. The van der Waals surface area contributed by atoms with Gasteiger partial charge in [-0.2, -0.15) is 0 Å². The molecule has 1 N–H and O–H groups in total. The maximum Gasteiger partial charge on any atom is 0.305 e. The minimum absolute atomic E-state index is 0.116. The van der Waals surface area contributed by atoms with Crippen molar-refractivity contribution in [1.82, 2.24) is 9.80 Å². The zero-order valence-corrected chi connectivity index (χ0v) is 11.4. The van der Waals surface area contributed by atoms with E-state index in [1.807, 2.05) is 11.9 Å². The number of carboxylic acid groups (broad SMARTS) is 1. The normalized spacial score (nSPS) is 18.9. The summed E-state index contributed by atoms with van der Waals surface area (Å²) in [4.78, 5) is 15.2. The summed E-state index contributed by atoms with van der Waals surface area (Å²) >= 11 is 0. The first-order valence-electron chi connectivity index (χ1n) is 6.56. The molecular formula is C14H18F2N2O2. The lowest BCUT2D eigenvalue weighted by atomic mass is 10.0. The molecule has 0 bridgehead atoms. The smallest absolute Gasteiger partial charge is 0.305 e. The molecule has 4 nitrogen and oxygen atoms in total. The molecule has 0 saturated carbocycles. The van der Waals surface area contributed by atoms with Crippen molar-refractivity contribution < 1.29 is 18.7 Å². The van der Waals surface area contributed by atoms with Crippen LogP contribution in [0.3, 0.4) is 0 Å². The number of nitrogens with zero attached hydrogens (tertiary/aromatic N) is 2. The summed E-state index contributed by atoms with van der Waals surface area (Å²) in [5.74, 6) is -2.80. The van der Waals surface area contributed by atoms with Crippen LogP contribution in [0.2, 0.25) is 0 Å². The van der Waals surface area contributed by atoms with E-state index in [4.69, 9.17) is 5.11 Å². The van der Waals surface area contributed by atoms with Gasteiger partial charge in [-0.3, -0.25) is 9.69 Å². The molecule has 1 unspecified atom stereocenters. The molecule has 1 fully saturated rings.